The number of carbonyl (C=O) groups excluding carboxylic acids is 1. The van der Waals surface area contributed by atoms with E-state index in [1.54, 1.807) is 30.3 Å². The lowest BCUT2D eigenvalue weighted by Crippen LogP contribution is -2.26. The topological polar surface area (TPSA) is 123 Å². The van der Waals surface area contributed by atoms with Crippen LogP contribution in [0.4, 0.5) is 5.69 Å². The number of carbonyl (C=O) groups is 1. The van der Waals surface area contributed by atoms with Crippen molar-refractivity contribution in [1.82, 2.24) is 5.32 Å². The van der Waals surface area contributed by atoms with Crippen molar-refractivity contribution in [3.8, 4) is 22.6 Å². The molecule has 0 aliphatic rings. The maximum absolute atomic E-state index is 12.6. The first-order valence-corrected chi connectivity index (χ1v) is 18.2. The third-order valence-corrected chi connectivity index (χ3v) is 8.53. The van der Waals surface area contributed by atoms with Crippen LogP contribution in [0.2, 0.25) is 0 Å². The monoisotopic (exact) mass is 694 g/mol. The van der Waals surface area contributed by atoms with Crippen LogP contribution in [-0.2, 0) is 28.0 Å². The molecule has 0 unspecified atom stereocenters. The first-order chi connectivity index (χ1) is 24.1. The number of hydrogen-bond donors (Lipinski definition) is 3. The molecule has 1 atom stereocenters. The van der Waals surface area contributed by atoms with Crippen molar-refractivity contribution in [3.63, 3.8) is 0 Å². The molecule has 260 valence electrons. The molecule has 0 fully saturated rings. The van der Waals surface area contributed by atoms with Crippen molar-refractivity contribution in [2.24, 2.45) is 0 Å². The summed E-state index contributed by atoms with van der Waals surface area (Å²) in [6.45, 7) is 5.63. The number of rotatable bonds is 16. The molecule has 50 heavy (non-hydrogen) atoms. The normalized spacial score (nSPS) is 11.8. The predicted molar refractivity (Wildman–Crippen MR) is 196 cm³/mol. The summed E-state index contributed by atoms with van der Waals surface area (Å²) in [5.41, 5.74) is 7.32. The van der Waals surface area contributed by atoms with Crippen molar-refractivity contribution in [1.29, 1.82) is 0 Å². The van der Waals surface area contributed by atoms with Crippen LogP contribution in [0.3, 0.4) is 0 Å². The van der Waals surface area contributed by atoms with Gasteiger partial charge in [-0.25, -0.2) is 13.2 Å². The minimum absolute atomic E-state index is 0.225. The van der Waals surface area contributed by atoms with E-state index in [9.17, 15) is 18.3 Å². The van der Waals surface area contributed by atoms with Crippen molar-refractivity contribution >= 4 is 21.7 Å². The lowest BCUT2D eigenvalue weighted by atomic mass is 9.95. The van der Waals surface area contributed by atoms with Gasteiger partial charge in [0.15, 0.2) is 0 Å². The molecule has 0 saturated carbocycles. The van der Waals surface area contributed by atoms with E-state index in [1.165, 1.54) is 0 Å². The third-order valence-electron chi connectivity index (χ3n) is 7.93. The second kappa shape index (κ2) is 17.0. The average Bonchev–Trinajstić information content (AvgIpc) is 3.10. The van der Waals surface area contributed by atoms with Gasteiger partial charge in [0.1, 0.15) is 31.3 Å². The maximum atomic E-state index is 12.6. The highest BCUT2D eigenvalue weighted by Gasteiger charge is 2.15. The molecule has 0 saturated heterocycles. The lowest BCUT2D eigenvalue weighted by Gasteiger charge is -2.17. The molecule has 0 aromatic heterocycles. The highest BCUT2D eigenvalue weighted by molar-refractivity contribution is 7.92. The van der Waals surface area contributed by atoms with Gasteiger partial charge >= 0.3 is 5.97 Å². The van der Waals surface area contributed by atoms with E-state index in [1.807, 2.05) is 98.8 Å². The fraction of sp³-hybridized carbons (Fsp3) is 0.225. The van der Waals surface area contributed by atoms with Gasteiger partial charge in [-0.05, 0) is 89.2 Å². The van der Waals surface area contributed by atoms with Gasteiger partial charge in [0.05, 0.1) is 23.6 Å². The Morgan fingerprint density at radius 2 is 1.40 bits per heavy atom. The van der Waals surface area contributed by atoms with E-state index >= 15 is 0 Å². The van der Waals surface area contributed by atoms with Crippen LogP contribution in [0.15, 0.2) is 115 Å². The summed E-state index contributed by atoms with van der Waals surface area (Å²) in [7, 11) is -3.58. The number of aryl methyl sites for hydroxylation is 2. The number of ether oxygens (including phenoxy) is 3. The standard InChI is InChI=1S/C40H42N2O7S/c1-28-22-35(23-29(2)39(28)32-14-16-33(17-15-32)40(44)49-27-31-12-8-5-9-13-31)47-21-20-41-25-37(43)34-18-19-38(36(24-34)42-50(3,45)46)48-26-30-10-6-4-7-11-30/h4-19,22-24,37,41-43H,20-21,25-27H2,1-3H3/t37-/m1/s1. The Hall–Kier alpha value is -5.16. The van der Waals surface area contributed by atoms with Gasteiger partial charge in [0.25, 0.3) is 0 Å². The van der Waals surface area contributed by atoms with E-state index in [-0.39, 0.29) is 31.4 Å². The Bertz CT molecular complexity index is 1960. The van der Waals surface area contributed by atoms with Gasteiger partial charge in [0, 0.05) is 13.1 Å². The van der Waals surface area contributed by atoms with Gasteiger partial charge in [-0.1, -0.05) is 78.9 Å². The van der Waals surface area contributed by atoms with Gasteiger partial charge in [-0.15, -0.1) is 0 Å². The van der Waals surface area contributed by atoms with Gasteiger partial charge in [-0.2, -0.15) is 0 Å². The highest BCUT2D eigenvalue weighted by Crippen LogP contribution is 2.32. The molecule has 5 aromatic rings. The highest BCUT2D eigenvalue weighted by atomic mass is 32.2. The second-order valence-electron chi connectivity index (χ2n) is 12.0. The number of sulfonamides is 1. The van der Waals surface area contributed by atoms with Crippen molar-refractivity contribution in [2.45, 2.75) is 33.2 Å². The minimum atomic E-state index is -3.58. The zero-order valence-electron chi connectivity index (χ0n) is 28.4. The zero-order valence-corrected chi connectivity index (χ0v) is 29.2. The van der Waals surface area contributed by atoms with Crippen molar-refractivity contribution in [3.05, 3.63) is 149 Å². The van der Waals surface area contributed by atoms with E-state index in [4.69, 9.17) is 14.2 Å². The molecule has 0 heterocycles. The molecular weight excluding hydrogens is 653 g/mol. The molecule has 5 rings (SSSR count). The van der Waals surface area contributed by atoms with E-state index in [0.717, 1.165) is 45.4 Å². The van der Waals surface area contributed by atoms with Crippen LogP contribution >= 0.6 is 0 Å². The fourth-order valence-corrected chi connectivity index (χ4v) is 6.09. The van der Waals surface area contributed by atoms with Crippen LogP contribution < -0.4 is 19.5 Å². The number of aliphatic hydroxyl groups excluding tert-OH is 1. The van der Waals surface area contributed by atoms with Crippen molar-refractivity contribution < 1.29 is 32.5 Å². The number of hydrogen-bond acceptors (Lipinski definition) is 8. The Morgan fingerprint density at radius 3 is 2.02 bits per heavy atom. The zero-order chi connectivity index (χ0) is 35.5. The Morgan fingerprint density at radius 1 is 0.780 bits per heavy atom. The summed E-state index contributed by atoms with van der Waals surface area (Å²) in [6, 6.07) is 35.5. The van der Waals surface area contributed by atoms with Gasteiger partial charge in [0.2, 0.25) is 10.0 Å². The number of anilines is 1. The van der Waals surface area contributed by atoms with Gasteiger partial charge < -0.3 is 24.6 Å². The van der Waals surface area contributed by atoms with E-state index < -0.39 is 16.1 Å². The number of esters is 1. The molecule has 5 aromatic carbocycles. The molecule has 9 nitrogen and oxygen atoms in total. The molecule has 0 amide bonds. The number of aliphatic hydroxyl groups is 1. The smallest absolute Gasteiger partial charge is 0.338 e. The predicted octanol–water partition coefficient (Wildman–Crippen LogP) is 6.98. The summed E-state index contributed by atoms with van der Waals surface area (Å²) in [4.78, 5) is 12.6. The molecule has 0 spiro atoms. The van der Waals surface area contributed by atoms with Crippen LogP contribution in [0.25, 0.3) is 11.1 Å². The average molecular weight is 695 g/mol. The first kappa shape index (κ1) is 36.1. The lowest BCUT2D eigenvalue weighted by molar-refractivity contribution is 0.0472. The molecule has 0 bridgehead atoms. The molecule has 10 heteroatoms. The summed E-state index contributed by atoms with van der Waals surface area (Å²) in [6.07, 6.45) is 0.180. The second-order valence-corrected chi connectivity index (χ2v) is 13.8. The van der Waals surface area contributed by atoms with Crippen LogP contribution in [0.1, 0.15) is 44.3 Å². The number of nitrogens with one attached hydrogen (secondary N) is 2. The SMILES string of the molecule is Cc1cc(OCCNC[C@@H](O)c2ccc(OCc3ccccc3)c(NS(C)(=O)=O)c2)cc(C)c1-c1ccc(C(=O)OCc2ccccc2)cc1. The first-order valence-electron chi connectivity index (χ1n) is 16.3. The van der Waals surface area contributed by atoms with Crippen LogP contribution in [-0.4, -0.2) is 45.4 Å². The van der Waals surface area contributed by atoms with E-state index in [0.29, 0.717) is 30.0 Å². The molecule has 0 aliphatic carbocycles. The van der Waals surface area contributed by atoms with Crippen LogP contribution in [0, 0.1) is 13.8 Å². The summed E-state index contributed by atoms with van der Waals surface area (Å²) in [5, 5.41) is 14.0. The molecular formula is C40H42N2O7S. The molecule has 0 aliphatic heterocycles. The Balaban J connectivity index is 1.11. The Labute approximate surface area is 293 Å². The van der Waals surface area contributed by atoms with E-state index in [2.05, 4.69) is 10.0 Å². The third kappa shape index (κ3) is 10.4. The van der Waals surface area contributed by atoms with Crippen molar-refractivity contribution in [2.75, 3.05) is 30.7 Å². The molecule has 0 radical (unpaired) electrons. The Kier molecular flexibility index (Phi) is 12.3. The van der Waals surface area contributed by atoms with Gasteiger partial charge in [-0.3, -0.25) is 4.72 Å². The summed E-state index contributed by atoms with van der Waals surface area (Å²) in [5.74, 6) is 0.730. The van der Waals surface area contributed by atoms with Crippen LogP contribution in [0.5, 0.6) is 11.5 Å². The summed E-state index contributed by atoms with van der Waals surface area (Å²) >= 11 is 0. The number of benzene rings is 5. The summed E-state index contributed by atoms with van der Waals surface area (Å²) < 4.78 is 43.9. The fourth-order valence-electron chi connectivity index (χ4n) is 5.54. The minimum Gasteiger partial charge on any atom is -0.492 e. The molecule has 3 N–H and O–H groups in total. The quantitative estimate of drug-likeness (QED) is 0.0747. The maximum Gasteiger partial charge on any atom is 0.338 e. The largest absolute Gasteiger partial charge is 0.492 e.